The lowest BCUT2D eigenvalue weighted by Gasteiger charge is -2.32. The van der Waals surface area contributed by atoms with Crippen LogP contribution in [-0.2, 0) is 10.0 Å². The second-order valence-electron chi connectivity index (χ2n) is 6.55. The van der Waals surface area contributed by atoms with Crippen molar-refractivity contribution in [1.82, 2.24) is 9.71 Å². The maximum absolute atomic E-state index is 12.4. The van der Waals surface area contributed by atoms with Crippen LogP contribution in [0.4, 0.5) is 5.82 Å². The molecular formula is C19H23N3O3S. The van der Waals surface area contributed by atoms with Gasteiger partial charge in [0.25, 0.3) is 0 Å². The molecule has 0 bridgehead atoms. The van der Waals surface area contributed by atoms with Gasteiger partial charge in [0, 0.05) is 31.4 Å². The highest BCUT2D eigenvalue weighted by atomic mass is 32.2. The molecule has 2 aromatic rings. The monoisotopic (exact) mass is 373 g/mol. The van der Waals surface area contributed by atoms with Gasteiger partial charge < -0.3 is 4.90 Å². The molecule has 0 spiro atoms. The molecule has 3 rings (SSSR count). The minimum Gasteiger partial charge on any atom is -0.357 e. The van der Waals surface area contributed by atoms with Crippen LogP contribution in [0.25, 0.3) is 0 Å². The summed E-state index contributed by atoms with van der Waals surface area (Å²) in [5, 5.41) is 0. The van der Waals surface area contributed by atoms with Gasteiger partial charge in [-0.05, 0) is 49.9 Å². The van der Waals surface area contributed by atoms with Gasteiger partial charge in [-0.1, -0.05) is 18.2 Å². The third-order valence-electron chi connectivity index (χ3n) is 4.72. The van der Waals surface area contributed by atoms with Crippen molar-refractivity contribution in [3.63, 3.8) is 0 Å². The number of benzene rings is 1. The van der Waals surface area contributed by atoms with Gasteiger partial charge >= 0.3 is 0 Å². The first kappa shape index (κ1) is 18.5. The number of hydrogen-bond acceptors (Lipinski definition) is 5. The van der Waals surface area contributed by atoms with Crippen LogP contribution in [0.5, 0.6) is 0 Å². The van der Waals surface area contributed by atoms with Crippen LogP contribution in [0, 0.1) is 5.92 Å². The van der Waals surface area contributed by atoms with Crippen LogP contribution in [0.3, 0.4) is 0 Å². The molecule has 0 aliphatic carbocycles. The van der Waals surface area contributed by atoms with Gasteiger partial charge in [-0.15, -0.1) is 0 Å². The SMILES string of the molecule is CC(=O)c1ccc(S(=O)(=O)NCC2CCN(c3ccccn3)CC2)cc1. The first-order valence-electron chi connectivity index (χ1n) is 8.72. The summed E-state index contributed by atoms with van der Waals surface area (Å²) in [6.45, 7) is 3.62. The Morgan fingerprint density at radius 3 is 2.42 bits per heavy atom. The minimum atomic E-state index is -3.56. The van der Waals surface area contributed by atoms with Crippen molar-refractivity contribution in [2.45, 2.75) is 24.7 Å². The van der Waals surface area contributed by atoms with Gasteiger partial charge in [0.15, 0.2) is 5.78 Å². The number of ketones is 1. The number of hydrogen-bond donors (Lipinski definition) is 1. The molecule has 1 aromatic carbocycles. The molecule has 1 saturated heterocycles. The van der Waals surface area contributed by atoms with Crippen LogP contribution >= 0.6 is 0 Å². The molecule has 138 valence electrons. The fourth-order valence-corrected chi connectivity index (χ4v) is 4.20. The van der Waals surface area contributed by atoms with Crippen molar-refractivity contribution < 1.29 is 13.2 Å². The van der Waals surface area contributed by atoms with Crippen LogP contribution in [0.15, 0.2) is 53.6 Å². The maximum atomic E-state index is 12.4. The average Bonchev–Trinajstić information content (AvgIpc) is 2.67. The molecule has 0 saturated carbocycles. The highest BCUT2D eigenvalue weighted by Gasteiger charge is 2.22. The second kappa shape index (κ2) is 7.97. The zero-order chi connectivity index (χ0) is 18.6. The van der Waals surface area contributed by atoms with Crippen LogP contribution < -0.4 is 9.62 Å². The first-order chi connectivity index (χ1) is 12.5. The van der Waals surface area contributed by atoms with Crippen LogP contribution in [-0.4, -0.2) is 38.8 Å². The summed E-state index contributed by atoms with van der Waals surface area (Å²) in [5.41, 5.74) is 0.505. The molecule has 2 heterocycles. The number of piperidine rings is 1. The smallest absolute Gasteiger partial charge is 0.240 e. The molecule has 0 unspecified atom stereocenters. The lowest BCUT2D eigenvalue weighted by molar-refractivity contribution is 0.101. The predicted molar refractivity (Wildman–Crippen MR) is 101 cm³/mol. The molecular weight excluding hydrogens is 350 g/mol. The predicted octanol–water partition coefficient (Wildman–Crippen LogP) is 2.48. The molecule has 1 aliphatic rings. The highest BCUT2D eigenvalue weighted by Crippen LogP contribution is 2.21. The van der Waals surface area contributed by atoms with Crippen molar-refractivity contribution in [2.75, 3.05) is 24.5 Å². The third-order valence-corrected chi connectivity index (χ3v) is 6.16. The Bertz CT molecular complexity index is 843. The molecule has 26 heavy (non-hydrogen) atoms. The molecule has 0 atom stereocenters. The lowest BCUT2D eigenvalue weighted by atomic mass is 9.97. The molecule has 0 radical (unpaired) electrons. The van der Waals surface area contributed by atoms with Crippen molar-refractivity contribution in [1.29, 1.82) is 0 Å². The number of carbonyl (C=O) groups is 1. The number of nitrogens with one attached hydrogen (secondary N) is 1. The molecule has 1 aromatic heterocycles. The number of Topliss-reactive ketones (excluding diaryl/α,β-unsaturated/α-hetero) is 1. The van der Waals surface area contributed by atoms with Crippen molar-refractivity contribution in [3.05, 3.63) is 54.2 Å². The lowest BCUT2D eigenvalue weighted by Crippen LogP contribution is -2.39. The summed E-state index contributed by atoms with van der Waals surface area (Å²) in [6, 6.07) is 11.9. The molecule has 0 amide bonds. The number of carbonyl (C=O) groups excluding carboxylic acids is 1. The molecule has 1 fully saturated rings. The van der Waals surface area contributed by atoms with Gasteiger partial charge in [-0.2, -0.15) is 0 Å². The van der Waals surface area contributed by atoms with E-state index in [9.17, 15) is 13.2 Å². The van der Waals surface area contributed by atoms with Gasteiger partial charge in [0.2, 0.25) is 10.0 Å². The van der Waals surface area contributed by atoms with E-state index >= 15 is 0 Å². The number of sulfonamides is 1. The Labute approximate surface area is 154 Å². The number of pyridine rings is 1. The molecule has 1 N–H and O–H groups in total. The Morgan fingerprint density at radius 2 is 1.85 bits per heavy atom. The van der Waals surface area contributed by atoms with Gasteiger partial charge in [-0.3, -0.25) is 4.79 Å². The zero-order valence-corrected chi connectivity index (χ0v) is 15.6. The molecule has 1 aliphatic heterocycles. The summed E-state index contributed by atoms with van der Waals surface area (Å²) in [4.78, 5) is 18.1. The standard InChI is InChI=1S/C19H23N3O3S/c1-15(23)17-5-7-18(8-6-17)26(24,25)21-14-16-9-12-22(13-10-16)19-4-2-3-11-20-19/h2-8,11,16,21H,9-10,12-14H2,1H3. The topological polar surface area (TPSA) is 79.4 Å². The quantitative estimate of drug-likeness (QED) is 0.787. The fourth-order valence-electron chi connectivity index (χ4n) is 3.09. The van der Waals surface area contributed by atoms with E-state index in [2.05, 4.69) is 14.6 Å². The maximum Gasteiger partial charge on any atom is 0.240 e. The van der Waals surface area contributed by atoms with E-state index in [1.54, 1.807) is 18.3 Å². The summed E-state index contributed by atoms with van der Waals surface area (Å²) < 4.78 is 27.6. The summed E-state index contributed by atoms with van der Waals surface area (Å²) in [7, 11) is -3.56. The Morgan fingerprint density at radius 1 is 1.15 bits per heavy atom. The van der Waals surface area contributed by atoms with E-state index in [0.717, 1.165) is 31.7 Å². The second-order valence-corrected chi connectivity index (χ2v) is 8.32. The molecule has 6 nitrogen and oxygen atoms in total. The van der Waals surface area contributed by atoms with Crippen molar-refractivity contribution in [3.8, 4) is 0 Å². The van der Waals surface area contributed by atoms with E-state index < -0.39 is 10.0 Å². The van der Waals surface area contributed by atoms with E-state index in [0.29, 0.717) is 18.0 Å². The third kappa shape index (κ3) is 4.47. The van der Waals surface area contributed by atoms with Crippen LogP contribution in [0.2, 0.25) is 0 Å². The average molecular weight is 373 g/mol. The number of anilines is 1. The normalized spacial score (nSPS) is 15.8. The number of aromatic nitrogens is 1. The fraction of sp³-hybridized carbons (Fsp3) is 0.368. The highest BCUT2D eigenvalue weighted by molar-refractivity contribution is 7.89. The Balaban J connectivity index is 1.53. The minimum absolute atomic E-state index is 0.0819. The van der Waals surface area contributed by atoms with E-state index in [-0.39, 0.29) is 10.7 Å². The zero-order valence-electron chi connectivity index (χ0n) is 14.8. The van der Waals surface area contributed by atoms with Crippen molar-refractivity contribution >= 4 is 21.6 Å². The van der Waals surface area contributed by atoms with Crippen molar-refractivity contribution in [2.24, 2.45) is 5.92 Å². The molecule has 7 heteroatoms. The van der Waals surface area contributed by atoms with E-state index in [1.165, 1.54) is 19.1 Å². The summed E-state index contributed by atoms with van der Waals surface area (Å²) in [6.07, 6.45) is 3.62. The van der Waals surface area contributed by atoms with E-state index in [1.807, 2.05) is 18.2 Å². The Hall–Kier alpha value is -2.25. The number of rotatable bonds is 6. The van der Waals surface area contributed by atoms with Gasteiger partial charge in [0.1, 0.15) is 5.82 Å². The van der Waals surface area contributed by atoms with E-state index in [4.69, 9.17) is 0 Å². The summed E-state index contributed by atoms with van der Waals surface area (Å²) >= 11 is 0. The Kier molecular flexibility index (Phi) is 5.68. The number of nitrogens with zero attached hydrogens (tertiary/aromatic N) is 2. The van der Waals surface area contributed by atoms with Gasteiger partial charge in [-0.25, -0.2) is 18.1 Å². The largest absolute Gasteiger partial charge is 0.357 e. The summed E-state index contributed by atoms with van der Waals surface area (Å²) in [5.74, 6) is 1.19. The first-order valence-corrected chi connectivity index (χ1v) is 10.2. The van der Waals surface area contributed by atoms with Gasteiger partial charge in [0.05, 0.1) is 4.90 Å². The van der Waals surface area contributed by atoms with Crippen LogP contribution in [0.1, 0.15) is 30.1 Å².